The molecule has 0 radical (unpaired) electrons. The lowest BCUT2D eigenvalue weighted by Crippen LogP contribution is -2.07. The number of methoxy groups -OCH3 is 1. The maximum absolute atomic E-state index is 12.0. The van der Waals surface area contributed by atoms with E-state index in [1.807, 2.05) is 24.3 Å². The van der Waals surface area contributed by atoms with E-state index in [-0.39, 0.29) is 5.91 Å². The van der Waals surface area contributed by atoms with Crippen LogP contribution in [-0.4, -0.2) is 19.6 Å². The van der Waals surface area contributed by atoms with Gasteiger partial charge in [-0.05, 0) is 36.4 Å². The molecule has 0 aromatic heterocycles. The fraction of sp³-hybridized carbons (Fsp3) is 0.105. The minimum absolute atomic E-state index is 0.212. The number of rotatable bonds is 7. The molecule has 0 aliphatic heterocycles. The molecule has 2 aromatic carbocycles. The molecule has 0 aliphatic carbocycles. The number of nitrogens with one attached hydrogen (secondary N) is 1. The molecule has 1 N–H and O–H groups in total. The van der Waals surface area contributed by atoms with Crippen LogP contribution in [0.3, 0.4) is 0 Å². The van der Waals surface area contributed by atoms with E-state index in [0.717, 1.165) is 17.1 Å². The van der Waals surface area contributed by atoms with E-state index < -0.39 is 0 Å². The molecule has 0 saturated carbocycles. The van der Waals surface area contributed by atoms with Gasteiger partial charge in [-0.1, -0.05) is 30.9 Å². The van der Waals surface area contributed by atoms with Crippen LogP contribution in [0.2, 0.25) is 0 Å². The maximum atomic E-state index is 12.0. The first-order valence-electron chi connectivity index (χ1n) is 7.19. The van der Waals surface area contributed by atoms with Crippen LogP contribution >= 0.6 is 0 Å². The van der Waals surface area contributed by atoms with Crippen molar-refractivity contribution in [2.24, 2.45) is 0 Å². The lowest BCUT2D eigenvalue weighted by atomic mass is 10.2. The van der Waals surface area contributed by atoms with E-state index in [4.69, 9.17) is 9.47 Å². The van der Waals surface area contributed by atoms with Crippen LogP contribution in [0.5, 0.6) is 11.5 Å². The molecule has 0 saturated heterocycles. The van der Waals surface area contributed by atoms with Crippen LogP contribution in [0.4, 0.5) is 5.69 Å². The Morgan fingerprint density at radius 2 is 1.91 bits per heavy atom. The Labute approximate surface area is 136 Å². The normalized spacial score (nSPS) is 10.3. The molecule has 0 spiro atoms. The number of hydrogen-bond donors (Lipinski definition) is 1. The molecule has 4 nitrogen and oxygen atoms in total. The molecule has 0 unspecified atom stereocenters. The molecule has 2 rings (SSSR count). The first kappa shape index (κ1) is 16.4. The summed E-state index contributed by atoms with van der Waals surface area (Å²) in [6, 6.07) is 14.7. The Balaban J connectivity index is 1.96. The Hall–Kier alpha value is -3.01. The molecule has 0 bridgehead atoms. The number of amides is 1. The summed E-state index contributed by atoms with van der Waals surface area (Å²) in [6.45, 7) is 4.04. The SMILES string of the molecule is C=CCOc1ccc(NC(=O)C=Cc2ccccc2OC)cc1. The highest BCUT2D eigenvalue weighted by Crippen LogP contribution is 2.19. The minimum Gasteiger partial charge on any atom is -0.496 e. The van der Waals surface area contributed by atoms with Crippen LogP contribution < -0.4 is 14.8 Å². The highest BCUT2D eigenvalue weighted by molar-refractivity contribution is 6.02. The van der Waals surface area contributed by atoms with Crippen molar-refractivity contribution in [3.63, 3.8) is 0 Å². The molecule has 0 aliphatic rings. The van der Waals surface area contributed by atoms with Crippen LogP contribution in [0.1, 0.15) is 5.56 Å². The molecule has 4 heteroatoms. The van der Waals surface area contributed by atoms with Gasteiger partial charge in [-0.15, -0.1) is 0 Å². The van der Waals surface area contributed by atoms with Crippen LogP contribution in [0.25, 0.3) is 6.08 Å². The van der Waals surface area contributed by atoms with Gasteiger partial charge in [0, 0.05) is 17.3 Å². The zero-order chi connectivity index (χ0) is 16.5. The van der Waals surface area contributed by atoms with Gasteiger partial charge in [-0.2, -0.15) is 0 Å². The highest BCUT2D eigenvalue weighted by atomic mass is 16.5. The van der Waals surface area contributed by atoms with E-state index in [1.165, 1.54) is 6.08 Å². The van der Waals surface area contributed by atoms with Gasteiger partial charge in [0.25, 0.3) is 0 Å². The highest BCUT2D eigenvalue weighted by Gasteiger charge is 2.01. The van der Waals surface area contributed by atoms with Crippen molar-refractivity contribution in [2.45, 2.75) is 0 Å². The van der Waals surface area contributed by atoms with Gasteiger partial charge >= 0.3 is 0 Å². The fourth-order valence-electron chi connectivity index (χ4n) is 1.94. The second-order valence-corrected chi connectivity index (χ2v) is 4.69. The largest absolute Gasteiger partial charge is 0.496 e. The van der Waals surface area contributed by atoms with Gasteiger partial charge in [0.15, 0.2) is 0 Å². The fourth-order valence-corrected chi connectivity index (χ4v) is 1.94. The summed E-state index contributed by atoms with van der Waals surface area (Å²) >= 11 is 0. The van der Waals surface area contributed by atoms with Crippen molar-refractivity contribution in [3.8, 4) is 11.5 Å². The predicted octanol–water partition coefficient (Wildman–Crippen LogP) is 3.91. The molecular weight excluding hydrogens is 290 g/mol. The summed E-state index contributed by atoms with van der Waals surface area (Å²) in [6.07, 6.45) is 4.87. The van der Waals surface area contributed by atoms with Gasteiger partial charge in [-0.25, -0.2) is 0 Å². The summed E-state index contributed by atoms with van der Waals surface area (Å²) in [5.74, 6) is 1.24. The van der Waals surface area contributed by atoms with E-state index in [2.05, 4.69) is 11.9 Å². The van der Waals surface area contributed by atoms with Gasteiger partial charge < -0.3 is 14.8 Å². The topological polar surface area (TPSA) is 47.6 Å². The molecule has 23 heavy (non-hydrogen) atoms. The quantitative estimate of drug-likeness (QED) is 0.623. The first-order chi connectivity index (χ1) is 11.2. The average molecular weight is 309 g/mol. The molecule has 0 heterocycles. The zero-order valence-electron chi connectivity index (χ0n) is 13.0. The molecule has 2 aromatic rings. The molecule has 118 valence electrons. The number of benzene rings is 2. The van der Waals surface area contributed by atoms with Crippen molar-refractivity contribution in [1.82, 2.24) is 0 Å². The van der Waals surface area contributed by atoms with Gasteiger partial charge in [0.1, 0.15) is 18.1 Å². The van der Waals surface area contributed by atoms with E-state index >= 15 is 0 Å². The number of anilines is 1. The maximum Gasteiger partial charge on any atom is 0.248 e. The number of ether oxygens (including phenoxy) is 2. The number of carbonyl (C=O) groups excluding carboxylic acids is 1. The van der Waals surface area contributed by atoms with Crippen molar-refractivity contribution >= 4 is 17.7 Å². The van der Waals surface area contributed by atoms with Crippen molar-refractivity contribution in [1.29, 1.82) is 0 Å². The average Bonchev–Trinajstić information content (AvgIpc) is 2.59. The molecular formula is C19H19NO3. The third-order valence-corrected chi connectivity index (χ3v) is 3.04. The minimum atomic E-state index is -0.212. The van der Waals surface area contributed by atoms with Crippen LogP contribution in [0, 0.1) is 0 Å². The van der Waals surface area contributed by atoms with Crippen molar-refractivity contribution in [2.75, 3.05) is 19.0 Å². The summed E-state index contributed by atoms with van der Waals surface area (Å²) in [7, 11) is 1.60. The molecule has 1 amide bonds. The number of para-hydroxylation sites is 1. The lowest BCUT2D eigenvalue weighted by Gasteiger charge is -2.06. The number of hydrogen-bond acceptors (Lipinski definition) is 3. The van der Waals surface area contributed by atoms with Crippen molar-refractivity contribution < 1.29 is 14.3 Å². The predicted molar refractivity (Wildman–Crippen MR) is 92.8 cm³/mol. The third kappa shape index (κ3) is 5.04. The molecule has 0 fully saturated rings. The standard InChI is InChI=1S/C19H19NO3/c1-3-14-23-17-11-9-16(10-12-17)20-19(21)13-8-15-6-4-5-7-18(15)22-2/h3-13H,1,14H2,2H3,(H,20,21). The Kier molecular flexibility index (Phi) is 6.00. The van der Waals surface area contributed by atoms with Crippen molar-refractivity contribution in [3.05, 3.63) is 72.8 Å². The Morgan fingerprint density at radius 3 is 2.61 bits per heavy atom. The van der Waals surface area contributed by atoms with E-state index in [9.17, 15) is 4.79 Å². The smallest absolute Gasteiger partial charge is 0.248 e. The lowest BCUT2D eigenvalue weighted by molar-refractivity contribution is -0.111. The second-order valence-electron chi connectivity index (χ2n) is 4.69. The van der Waals surface area contributed by atoms with E-state index in [1.54, 1.807) is 43.5 Å². The Bertz CT molecular complexity index is 690. The summed E-state index contributed by atoms with van der Waals surface area (Å²) in [4.78, 5) is 12.0. The van der Waals surface area contributed by atoms with Crippen LogP contribution in [-0.2, 0) is 4.79 Å². The van der Waals surface area contributed by atoms with Gasteiger partial charge in [0.2, 0.25) is 5.91 Å². The molecule has 0 atom stereocenters. The monoisotopic (exact) mass is 309 g/mol. The van der Waals surface area contributed by atoms with Gasteiger partial charge in [0.05, 0.1) is 7.11 Å². The summed E-state index contributed by atoms with van der Waals surface area (Å²) in [5, 5.41) is 2.79. The second kappa shape index (κ2) is 8.44. The van der Waals surface area contributed by atoms with Crippen LogP contribution in [0.15, 0.2) is 67.3 Å². The number of carbonyl (C=O) groups is 1. The van der Waals surface area contributed by atoms with E-state index in [0.29, 0.717) is 12.3 Å². The first-order valence-corrected chi connectivity index (χ1v) is 7.19. The third-order valence-electron chi connectivity index (χ3n) is 3.04. The summed E-state index contributed by atoms with van der Waals surface area (Å²) in [5.41, 5.74) is 1.55. The summed E-state index contributed by atoms with van der Waals surface area (Å²) < 4.78 is 10.6. The van der Waals surface area contributed by atoms with Gasteiger partial charge in [-0.3, -0.25) is 4.79 Å². The Morgan fingerprint density at radius 1 is 1.17 bits per heavy atom. The zero-order valence-corrected chi connectivity index (χ0v) is 13.0.